The SMILES string of the molecule is COc1ccccc1Nc1nc(NCc2ccco2)c2ccccc2n1.Cl. The summed E-state index contributed by atoms with van der Waals surface area (Å²) in [5.74, 6) is 2.81. The summed E-state index contributed by atoms with van der Waals surface area (Å²) in [7, 11) is 1.64. The van der Waals surface area contributed by atoms with E-state index in [0.717, 1.165) is 33.9 Å². The summed E-state index contributed by atoms with van der Waals surface area (Å²) in [5, 5.41) is 7.52. The second-order valence-electron chi connectivity index (χ2n) is 5.67. The number of hydrogen-bond donors (Lipinski definition) is 2. The van der Waals surface area contributed by atoms with E-state index in [1.54, 1.807) is 13.4 Å². The minimum atomic E-state index is 0. The van der Waals surface area contributed by atoms with Crippen molar-refractivity contribution in [3.05, 3.63) is 72.7 Å². The van der Waals surface area contributed by atoms with Crippen molar-refractivity contribution in [2.24, 2.45) is 0 Å². The summed E-state index contributed by atoms with van der Waals surface area (Å²) in [6.07, 6.45) is 1.66. The molecule has 4 aromatic rings. The fraction of sp³-hybridized carbons (Fsp3) is 0.100. The number of para-hydroxylation sites is 3. The van der Waals surface area contributed by atoms with Gasteiger partial charge in [-0.3, -0.25) is 0 Å². The second kappa shape index (κ2) is 8.42. The third-order valence-corrected chi connectivity index (χ3v) is 3.97. The zero-order valence-electron chi connectivity index (χ0n) is 14.7. The van der Waals surface area contributed by atoms with Gasteiger partial charge in [-0.25, -0.2) is 4.98 Å². The van der Waals surface area contributed by atoms with Gasteiger partial charge in [0, 0.05) is 5.39 Å². The molecule has 0 atom stereocenters. The molecule has 138 valence electrons. The van der Waals surface area contributed by atoms with Gasteiger partial charge in [-0.1, -0.05) is 24.3 Å². The molecule has 4 rings (SSSR count). The predicted octanol–water partition coefficient (Wildman–Crippen LogP) is 5.01. The van der Waals surface area contributed by atoms with Crippen LogP contribution in [-0.4, -0.2) is 17.1 Å². The number of hydrogen-bond acceptors (Lipinski definition) is 6. The van der Waals surface area contributed by atoms with Crippen molar-refractivity contribution >= 4 is 40.8 Å². The maximum Gasteiger partial charge on any atom is 0.229 e. The van der Waals surface area contributed by atoms with Crippen LogP contribution in [0.2, 0.25) is 0 Å². The topological polar surface area (TPSA) is 72.2 Å². The Balaban J connectivity index is 0.00000210. The minimum absolute atomic E-state index is 0. The monoisotopic (exact) mass is 382 g/mol. The highest BCUT2D eigenvalue weighted by Gasteiger charge is 2.10. The van der Waals surface area contributed by atoms with Crippen LogP contribution in [0.25, 0.3) is 10.9 Å². The van der Waals surface area contributed by atoms with Crippen LogP contribution in [0, 0.1) is 0 Å². The summed E-state index contributed by atoms with van der Waals surface area (Å²) in [4.78, 5) is 9.25. The number of fused-ring (bicyclic) bond motifs is 1. The molecule has 0 radical (unpaired) electrons. The highest BCUT2D eigenvalue weighted by Crippen LogP contribution is 2.28. The largest absolute Gasteiger partial charge is 0.495 e. The summed E-state index contributed by atoms with van der Waals surface area (Å²) in [5.41, 5.74) is 1.66. The Morgan fingerprint density at radius 2 is 1.78 bits per heavy atom. The van der Waals surface area contributed by atoms with E-state index in [1.165, 1.54) is 0 Å². The first kappa shape index (κ1) is 18.5. The fourth-order valence-corrected chi connectivity index (χ4v) is 2.72. The Kier molecular flexibility index (Phi) is 5.78. The first-order chi connectivity index (χ1) is 12.8. The molecule has 2 aromatic carbocycles. The molecule has 0 bridgehead atoms. The number of halogens is 1. The number of aromatic nitrogens is 2. The number of nitrogens with one attached hydrogen (secondary N) is 2. The molecule has 0 fully saturated rings. The van der Waals surface area contributed by atoms with E-state index >= 15 is 0 Å². The number of rotatable bonds is 6. The first-order valence-electron chi connectivity index (χ1n) is 8.26. The summed E-state index contributed by atoms with van der Waals surface area (Å²) in [6, 6.07) is 19.3. The van der Waals surface area contributed by atoms with E-state index in [1.807, 2.05) is 60.7 Å². The van der Waals surface area contributed by atoms with Crippen LogP contribution in [0.4, 0.5) is 17.5 Å². The van der Waals surface area contributed by atoms with Gasteiger partial charge < -0.3 is 19.8 Å². The Morgan fingerprint density at radius 3 is 2.59 bits per heavy atom. The molecule has 2 aromatic heterocycles. The molecule has 0 amide bonds. The molecular weight excluding hydrogens is 364 g/mol. The van der Waals surface area contributed by atoms with Crippen LogP contribution < -0.4 is 15.4 Å². The van der Waals surface area contributed by atoms with E-state index in [9.17, 15) is 0 Å². The van der Waals surface area contributed by atoms with Gasteiger partial charge in [0.25, 0.3) is 0 Å². The standard InChI is InChI=1S/C20H18N4O2.ClH/c1-25-18-11-5-4-10-17(18)23-20-22-16-9-3-2-8-15(16)19(24-20)21-13-14-7-6-12-26-14;/h2-12H,13H2,1H3,(H2,21,22,23,24);1H. The third kappa shape index (κ3) is 4.12. The Morgan fingerprint density at radius 1 is 0.963 bits per heavy atom. The number of nitrogens with zero attached hydrogens (tertiary/aromatic N) is 2. The third-order valence-electron chi connectivity index (χ3n) is 3.97. The molecule has 0 aliphatic rings. The normalized spacial score (nSPS) is 10.3. The average Bonchev–Trinajstić information content (AvgIpc) is 3.20. The van der Waals surface area contributed by atoms with Gasteiger partial charge >= 0.3 is 0 Å². The van der Waals surface area contributed by atoms with Gasteiger partial charge in [-0.2, -0.15) is 4.98 Å². The molecule has 2 heterocycles. The maximum atomic E-state index is 5.39. The average molecular weight is 383 g/mol. The minimum Gasteiger partial charge on any atom is -0.495 e. The van der Waals surface area contributed by atoms with E-state index in [4.69, 9.17) is 9.15 Å². The van der Waals surface area contributed by atoms with E-state index in [-0.39, 0.29) is 12.4 Å². The van der Waals surface area contributed by atoms with Crippen LogP contribution in [0.1, 0.15) is 5.76 Å². The lowest BCUT2D eigenvalue weighted by Gasteiger charge is -2.13. The molecular formula is C20H19ClN4O2. The number of methoxy groups -OCH3 is 1. The Bertz CT molecular complexity index is 1020. The van der Waals surface area contributed by atoms with Crippen molar-refractivity contribution < 1.29 is 9.15 Å². The van der Waals surface area contributed by atoms with Crippen LogP contribution in [0.15, 0.2) is 71.3 Å². The van der Waals surface area contributed by atoms with Crippen LogP contribution in [0.5, 0.6) is 5.75 Å². The van der Waals surface area contributed by atoms with E-state index < -0.39 is 0 Å². The number of ether oxygens (including phenoxy) is 1. The highest BCUT2D eigenvalue weighted by atomic mass is 35.5. The Hall–Kier alpha value is -3.25. The summed E-state index contributed by atoms with van der Waals surface area (Å²) >= 11 is 0. The van der Waals surface area contributed by atoms with Crippen molar-refractivity contribution in [2.45, 2.75) is 6.54 Å². The molecule has 7 heteroatoms. The number of furan rings is 1. The van der Waals surface area contributed by atoms with E-state index in [2.05, 4.69) is 20.6 Å². The second-order valence-corrected chi connectivity index (χ2v) is 5.67. The zero-order chi connectivity index (χ0) is 17.8. The van der Waals surface area contributed by atoms with Crippen LogP contribution in [0.3, 0.4) is 0 Å². The maximum absolute atomic E-state index is 5.39. The lowest BCUT2D eigenvalue weighted by atomic mass is 10.2. The smallest absolute Gasteiger partial charge is 0.229 e. The van der Waals surface area contributed by atoms with E-state index in [0.29, 0.717) is 12.5 Å². The molecule has 6 nitrogen and oxygen atoms in total. The summed E-state index contributed by atoms with van der Waals surface area (Å²) in [6.45, 7) is 0.544. The quantitative estimate of drug-likeness (QED) is 0.488. The number of anilines is 3. The first-order valence-corrected chi connectivity index (χ1v) is 8.26. The highest BCUT2D eigenvalue weighted by molar-refractivity contribution is 5.90. The lowest BCUT2D eigenvalue weighted by molar-refractivity contribution is 0.417. The van der Waals surface area contributed by atoms with Gasteiger partial charge in [0.2, 0.25) is 5.95 Å². The summed E-state index contributed by atoms with van der Waals surface area (Å²) < 4.78 is 10.8. The number of benzene rings is 2. The van der Waals surface area contributed by atoms with Crippen LogP contribution in [-0.2, 0) is 6.54 Å². The van der Waals surface area contributed by atoms with Gasteiger partial charge in [-0.15, -0.1) is 12.4 Å². The molecule has 27 heavy (non-hydrogen) atoms. The van der Waals surface area contributed by atoms with Crippen molar-refractivity contribution in [1.29, 1.82) is 0 Å². The molecule has 0 saturated heterocycles. The predicted molar refractivity (Wildman–Crippen MR) is 109 cm³/mol. The van der Waals surface area contributed by atoms with Gasteiger partial charge in [0.05, 0.1) is 31.1 Å². The molecule has 0 unspecified atom stereocenters. The van der Waals surface area contributed by atoms with Gasteiger partial charge in [0.15, 0.2) is 0 Å². The van der Waals surface area contributed by atoms with Crippen molar-refractivity contribution in [3.8, 4) is 5.75 Å². The van der Waals surface area contributed by atoms with Crippen molar-refractivity contribution in [2.75, 3.05) is 17.7 Å². The van der Waals surface area contributed by atoms with Gasteiger partial charge in [-0.05, 0) is 36.4 Å². The molecule has 2 N–H and O–H groups in total. The fourth-order valence-electron chi connectivity index (χ4n) is 2.72. The van der Waals surface area contributed by atoms with Crippen molar-refractivity contribution in [1.82, 2.24) is 9.97 Å². The molecule has 0 aliphatic heterocycles. The Labute approximate surface area is 163 Å². The zero-order valence-corrected chi connectivity index (χ0v) is 15.5. The van der Waals surface area contributed by atoms with Gasteiger partial charge in [0.1, 0.15) is 17.3 Å². The molecule has 0 aliphatic carbocycles. The van der Waals surface area contributed by atoms with Crippen molar-refractivity contribution in [3.63, 3.8) is 0 Å². The molecule has 0 saturated carbocycles. The lowest BCUT2D eigenvalue weighted by Crippen LogP contribution is -2.05. The molecule has 0 spiro atoms. The van der Waals surface area contributed by atoms with Crippen LogP contribution >= 0.6 is 12.4 Å².